The van der Waals surface area contributed by atoms with Gasteiger partial charge in [0.15, 0.2) is 0 Å². The molecule has 0 unspecified atom stereocenters. The van der Waals surface area contributed by atoms with Gasteiger partial charge < -0.3 is 9.88 Å². The molecule has 232 valence electrons. The summed E-state index contributed by atoms with van der Waals surface area (Å²) in [4.78, 5) is 3.69. The van der Waals surface area contributed by atoms with Crippen LogP contribution in [0.15, 0.2) is 170 Å². The van der Waals surface area contributed by atoms with Crippen LogP contribution in [0.1, 0.15) is 10.4 Å². The summed E-state index contributed by atoms with van der Waals surface area (Å²) in [6.45, 7) is 0.768. The van der Waals surface area contributed by atoms with Gasteiger partial charge in [-0.2, -0.15) is 0 Å². The zero-order valence-corrected chi connectivity index (χ0v) is 27.5. The number of benzene rings is 7. The van der Waals surface area contributed by atoms with Gasteiger partial charge in [0.25, 0.3) is 0 Å². The van der Waals surface area contributed by atoms with E-state index in [4.69, 9.17) is 0 Å². The molecule has 0 spiro atoms. The van der Waals surface area contributed by atoms with Crippen LogP contribution in [-0.2, 0) is 6.54 Å². The van der Waals surface area contributed by atoms with Crippen molar-refractivity contribution in [1.82, 2.24) is 9.88 Å². The van der Waals surface area contributed by atoms with Crippen molar-refractivity contribution in [3.63, 3.8) is 0 Å². The van der Waals surface area contributed by atoms with E-state index in [2.05, 4.69) is 185 Å². The van der Waals surface area contributed by atoms with Crippen LogP contribution in [0.2, 0.25) is 0 Å². The van der Waals surface area contributed by atoms with Gasteiger partial charge >= 0.3 is 0 Å². The third-order valence-electron chi connectivity index (χ3n) is 9.81. The summed E-state index contributed by atoms with van der Waals surface area (Å²) in [5.41, 5.74) is 9.54. The first-order valence-electron chi connectivity index (χ1n) is 16.7. The van der Waals surface area contributed by atoms with E-state index in [1.807, 2.05) is 11.3 Å². The maximum atomic E-state index is 3.85. The second kappa shape index (κ2) is 11.3. The van der Waals surface area contributed by atoms with Crippen molar-refractivity contribution in [2.24, 2.45) is 0 Å². The Morgan fingerprint density at radius 2 is 1.18 bits per heavy atom. The minimum atomic E-state index is 0.768. The Hall–Kier alpha value is -6.10. The molecule has 0 amide bonds. The van der Waals surface area contributed by atoms with Gasteiger partial charge in [0.1, 0.15) is 5.82 Å². The van der Waals surface area contributed by atoms with Crippen molar-refractivity contribution in [3.05, 3.63) is 180 Å². The Balaban J connectivity index is 1.17. The van der Waals surface area contributed by atoms with Crippen LogP contribution in [0.3, 0.4) is 0 Å². The van der Waals surface area contributed by atoms with Gasteiger partial charge in [0.05, 0.1) is 11.0 Å². The predicted molar refractivity (Wildman–Crippen MR) is 209 cm³/mol. The van der Waals surface area contributed by atoms with Crippen LogP contribution in [0, 0.1) is 0 Å². The summed E-state index contributed by atoms with van der Waals surface area (Å²) in [6.07, 6.45) is 2.34. The summed E-state index contributed by atoms with van der Waals surface area (Å²) in [6, 6.07) is 59.2. The lowest BCUT2D eigenvalue weighted by Crippen LogP contribution is -2.29. The van der Waals surface area contributed by atoms with E-state index in [1.165, 1.54) is 64.2 Å². The zero-order valence-electron chi connectivity index (χ0n) is 26.7. The zero-order chi connectivity index (χ0) is 32.3. The second-order valence-electron chi connectivity index (χ2n) is 12.7. The fourth-order valence-electron chi connectivity index (χ4n) is 7.46. The molecule has 9 aromatic rings. The van der Waals surface area contributed by atoms with Crippen LogP contribution < -0.4 is 10.2 Å². The summed E-state index contributed by atoms with van der Waals surface area (Å²) < 4.78 is 3.72. The monoisotopic (exact) mass is 645 g/mol. The number of rotatable bonds is 5. The number of hydrogen-bond donors (Lipinski definition) is 1. The van der Waals surface area contributed by atoms with E-state index in [9.17, 15) is 0 Å². The lowest BCUT2D eigenvalue weighted by molar-refractivity contribution is 0.787. The first-order valence-corrected chi connectivity index (χ1v) is 17.5. The minimum Gasteiger partial charge on any atom is -0.367 e. The number of nitrogens with zero attached hydrogens (tertiary/aromatic N) is 2. The number of hydrogen-bond acceptors (Lipinski definition) is 3. The van der Waals surface area contributed by atoms with Crippen molar-refractivity contribution < 1.29 is 0 Å². The van der Waals surface area contributed by atoms with Gasteiger partial charge in [0.2, 0.25) is 0 Å². The molecule has 0 saturated heterocycles. The summed E-state index contributed by atoms with van der Waals surface area (Å²) in [5, 5.41) is 10.3. The number of fused-ring (bicyclic) bond motifs is 7. The molecule has 7 aromatic carbocycles. The van der Waals surface area contributed by atoms with E-state index < -0.39 is 0 Å². The molecule has 0 saturated carbocycles. The standard InChI is InChI=1S/C45H31N3S/c1-3-11-30(12-4-1)31-19-21-35(22-20-31)47(45-28-44-40(29-46-45)39-25-32-13-7-8-14-33(32)26-43(39)49-44)36-23-24-38-37-17-9-10-18-41(37)48(42(38)27-36)34-15-5-2-6-16-34/h1-28,46H,29H2. The topological polar surface area (TPSA) is 20.2 Å². The van der Waals surface area contributed by atoms with Gasteiger partial charge in [-0.25, -0.2) is 0 Å². The number of aromatic nitrogens is 1. The molecule has 1 N–H and O–H groups in total. The van der Waals surface area contributed by atoms with Crippen LogP contribution in [-0.4, -0.2) is 4.57 Å². The molecule has 10 rings (SSSR count). The average Bonchev–Trinajstić information content (AvgIpc) is 3.69. The normalized spacial score (nSPS) is 12.7. The Morgan fingerprint density at radius 1 is 0.531 bits per heavy atom. The molecule has 0 atom stereocenters. The van der Waals surface area contributed by atoms with Crippen LogP contribution in [0.5, 0.6) is 0 Å². The highest BCUT2D eigenvalue weighted by atomic mass is 32.1. The number of anilines is 2. The molecule has 0 fully saturated rings. The molecule has 0 bridgehead atoms. The van der Waals surface area contributed by atoms with Gasteiger partial charge in [-0.05, 0) is 93.5 Å². The fourth-order valence-corrected chi connectivity index (χ4v) is 8.65. The Kier molecular flexibility index (Phi) is 6.42. The van der Waals surface area contributed by atoms with Crippen molar-refractivity contribution in [1.29, 1.82) is 0 Å². The van der Waals surface area contributed by atoms with Gasteiger partial charge in [-0.1, -0.05) is 109 Å². The first kappa shape index (κ1) is 28.0. The number of para-hydroxylation sites is 2. The van der Waals surface area contributed by atoms with E-state index in [-0.39, 0.29) is 0 Å². The highest BCUT2D eigenvalue weighted by Gasteiger charge is 2.23. The minimum absolute atomic E-state index is 0.768. The van der Waals surface area contributed by atoms with Crippen LogP contribution in [0.4, 0.5) is 11.4 Å². The summed E-state index contributed by atoms with van der Waals surface area (Å²) in [5.74, 6) is 1.07. The van der Waals surface area contributed by atoms with Crippen molar-refractivity contribution in [2.75, 3.05) is 4.90 Å². The SMILES string of the molecule is C1=C(N(c2ccc(-c3ccccc3)cc2)c2ccc3c4ccccc4n(-c4ccccc4)c3c2)NCc2c1sc1cc3ccccc3cc21. The van der Waals surface area contributed by atoms with Crippen molar-refractivity contribution >= 4 is 71.5 Å². The van der Waals surface area contributed by atoms with Crippen molar-refractivity contribution in [2.45, 2.75) is 6.54 Å². The second-order valence-corrected chi connectivity index (χ2v) is 13.7. The van der Waals surface area contributed by atoms with E-state index >= 15 is 0 Å². The molecule has 49 heavy (non-hydrogen) atoms. The molecule has 4 heteroatoms. The maximum Gasteiger partial charge on any atom is 0.112 e. The molecular weight excluding hydrogens is 615 g/mol. The third-order valence-corrected chi connectivity index (χ3v) is 10.9. The highest BCUT2D eigenvalue weighted by Crippen LogP contribution is 2.42. The molecule has 0 aliphatic carbocycles. The van der Waals surface area contributed by atoms with E-state index in [0.29, 0.717) is 0 Å². The smallest absolute Gasteiger partial charge is 0.112 e. The van der Waals surface area contributed by atoms with E-state index in [0.717, 1.165) is 29.4 Å². The number of nitrogens with one attached hydrogen (secondary N) is 1. The molecule has 2 aromatic heterocycles. The molecule has 0 radical (unpaired) electrons. The van der Waals surface area contributed by atoms with Crippen molar-refractivity contribution in [3.8, 4) is 16.8 Å². The molecule has 1 aliphatic heterocycles. The lowest BCUT2D eigenvalue weighted by Gasteiger charge is -2.31. The lowest BCUT2D eigenvalue weighted by atomic mass is 10.0. The van der Waals surface area contributed by atoms with Gasteiger partial charge in [-0.3, -0.25) is 4.90 Å². The van der Waals surface area contributed by atoms with Crippen LogP contribution >= 0.6 is 11.3 Å². The molecule has 1 aliphatic rings. The van der Waals surface area contributed by atoms with Gasteiger partial charge in [-0.15, -0.1) is 11.3 Å². The first-order chi connectivity index (χ1) is 24.3. The largest absolute Gasteiger partial charge is 0.367 e. The average molecular weight is 646 g/mol. The summed E-state index contributed by atoms with van der Waals surface area (Å²) in [7, 11) is 0. The maximum absolute atomic E-state index is 3.85. The molecular formula is C45H31N3S. The molecule has 3 heterocycles. The van der Waals surface area contributed by atoms with E-state index in [1.54, 1.807) is 0 Å². The quantitative estimate of drug-likeness (QED) is 0.201. The highest BCUT2D eigenvalue weighted by molar-refractivity contribution is 7.20. The Labute approximate surface area is 288 Å². The molecule has 3 nitrogen and oxygen atoms in total. The Bertz CT molecular complexity index is 2700. The predicted octanol–water partition coefficient (Wildman–Crippen LogP) is 12.1. The third kappa shape index (κ3) is 4.64. The Morgan fingerprint density at radius 3 is 2.00 bits per heavy atom. The number of thiophene rings is 1. The van der Waals surface area contributed by atoms with Gasteiger partial charge in [0, 0.05) is 44.0 Å². The van der Waals surface area contributed by atoms with Crippen LogP contribution in [0.25, 0.3) is 65.6 Å². The summed E-state index contributed by atoms with van der Waals surface area (Å²) >= 11 is 1.88. The fraction of sp³-hybridized carbons (Fsp3) is 0.0222.